The largest absolute Gasteiger partial charge is 0.494 e. The lowest BCUT2D eigenvalue weighted by atomic mass is 10.2. The summed E-state index contributed by atoms with van der Waals surface area (Å²) in [4.78, 5) is 35.6. The summed E-state index contributed by atoms with van der Waals surface area (Å²) in [5, 5.41) is 1.28. The van der Waals surface area contributed by atoms with Gasteiger partial charge >= 0.3 is 0 Å². The summed E-state index contributed by atoms with van der Waals surface area (Å²) in [5.74, 6) is 1.01. The zero-order chi connectivity index (χ0) is 23.8. The quantitative estimate of drug-likeness (QED) is 0.376. The zero-order valence-corrected chi connectivity index (χ0v) is 21.3. The van der Waals surface area contributed by atoms with E-state index < -0.39 is 0 Å². The van der Waals surface area contributed by atoms with Crippen LogP contribution in [0.15, 0.2) is 34.2 Å². The van der Waals surface area contributed by atoms with Gasteiger partial charge in [-0.1, -0.05) is 11.8 Å². The third-order valence-electron chi connectivity index (χ3n) is 6.21. The Labute approximate surface area is 207 Å². The lowest BCUT2D eigenvalue weighted by Crippen LogP contribution is -2.48. The molecule has 1 fully saturated rings. The minimum atomic E-state index is -0.0582. The topological polar surface area (TPSA) is 73.7 Å². The Balaban J connectivity index is 1.50. The molecular weight excluding hydrogens is 470 g/mol. The number of aromatic nitrogens is 2. The third-order valence-corrected chi connectivity index (χ3v) is 8.32. The van der Waals surface area contributed by atoms with E-state index >= 15 is 0 Å². The van der Waals surface area contributed by atoms with Crippen LogP contribution in [0.2, 0.25) is 0 Å². The van der Waals surface area contributed by atoms with Gasteiger partial charge in [-0.05, 0) is 69.9 Å². The van der Waals surface area contributed by atoms with Crippen molar-refractivity contribution in [3.8, 4) is 11.4 Å². The number of thioether (sulfide) groups is 1. The van der Waals surface area contributed by atoms with Gasteiger partial charge in [-0.3, -0.25) is 14.2 Å². The van der Waals surface area contributed by atoms with E-state index in [9.17, 15) is 9.59 Å². The Morgan fingerprint density at radius 3 is 2.65 bits per heavy atom. The highest BCUT2D eigenvalue weighted by Crippen LogP contribution is 2.36. The van der Waals surface area contributed by atoms with Gasteiger partial charge in [0.2, 0.25) is 5.91 Å². The van der Waals surface area contributed by atoms with Crippen molar-refractivity contribution in [2.75, 3.05) is 25.4 Å². The molecule has 7 nitrogen and oxygen atoms in total. The van der Waals surface area contributed by atoms with Crippen LogP contribution in [0.1, 0.15) is 37.6 Å². The molecule has 3 aromatic rings. The van der Waals surface area contributed by atoms with Crippen LogP contribution in [0.4, 0.5) is 0 Å². The first-order valence-corrected chi connectivity index (χ1v) is 13.6. The van der Waals surface area contributed by atoms with Crippen LogP contribution in [0.25, 0.3) is 15.9 Å². The first kappa shape index (κ1) is 23.4. The number of rotatable bonds is 6. The van der Waals surface area contributed by atoms with Crippen molar-refractivity contribution in [2.45, 2.75) is 57.4 Å². The van der Waals surface area contributed by atoms with Crippen molar-refractivity contribution in [3.63, 3.8) is 0 Å². The minimum absolute atomic E-state index is 0.0164. The van der Waals surface area contributed by atoms with E-state index in [1.54, 1.807) is 15.9 Å². The number of morpholine rings is 1. The van der Waals surface area contributed by atoms with Crippen molar-refractivity contribution in [1.82, 2.24) is 14.5 Å². The fraction of sp³-hybridized carbons (Fsp3) is 0.480. The average molecular weight is 500 g/mol. The predicted octanol–water partition coefficient (Wildman–Crippen LogP) is 4.06. The maximum absolute atomic E-state index is 13.8. The van der Waals surface area contributed by atoms with Crippen LogP contribution >= 0.6 is 23.1 Å². The van der Waals surface area contributed by atoms with Crippen LogP contribution in [-0.4, -0.2) is 58.0 Å². The van der Waals surface area contributed by atoms with Crippen LogP contribution in [0.3, 0.4) is 0 Å². The van der Waals surface area contributed by atoms with Gasteiger partial charge in [0.1, 0.15) is 10.6 Å². The Morgan fingerprint density at radius 1 is 1.21 bits per heavy atom. The molecule has 0 bridgehead atoms. The summed E-state index contributed by atoms with van der Waals surface area (Å²) in [6, 6.07) is 7.49. The van der Waals surface area contributed by atoms with Gasteiger partial charge < -0.3 is 14.4 Å². The number of hydrogen-bond acceptors (Lipinski definition) is 7. The summed E-state index contributed by atoms with van der Waals surface area (Å²) in [6.45, 7) is 7.65. The lowest BCUT2D eigenvalue weighted by molar-refractivity contribution is -0.140. The van der Waals surface area contributed by atoms with E-state index in [4.69, 9.17) is 14.5 Å². The number of thiophene rings is 1. The van der Waals surface area contributed by atoms with Crippen molar-refractivity contribution in [3.05, 3.63) is 45.1 Å². The predicted molar refractivity (Wildman–Crippen MR) is 136 cm³/mol. The molecule has 1 aliphatic heterocycles. The van der Waals surface area contributed by atoms with Crippen molar-refractivity contribution in [1.29, 1.82) is 0 Å². The van der Waals surface area contributed by atoms with E-state index in [0.717, 1.165) is 46.5 Å². The van der Waals surface area contributed by atoms with Gasteiger partial charge in [-0.2, -0.15) is 0 Å². The molecule has 5 rings (SSSR count). The molecule has 34 heavy (non-hydrogen) atoms. The first-order valence-electron chi connectivity index (χ1n) is 11.8. The number of fused-ring (bicyclic) bond motifs is 3. The van der Waals surface area contributed by atoms with Crippen LogP contribution in [0, 0.1) is 0 Å². The van der Waals surface area contributed by atoms with E-state index in [0.29, 0.717) is 24.9 Å². The average Bonchev–Trinajstić information content (AvgIpc) is 3.39. The van der Waals surface area contributed by atoms with E-state index in [1.807, 2.05) is 49.9 Å². The molecule has 1 aliphatic carbocycles. The molecule has 180 valence electrons. The second-order valence-electron chi connectivity index (χ2n) is 8.84. The molecule has 1 aromatic carbocycles. The lowest BCUT2D eigenvalue weighted by Gasteiger charge is -2.35. The van der Waals surface area contributed by atoms with Gasteiger partial charge in [0.05, 0.1) is 35.6 Å². The highest BCUT2D eigenvalue weighted by molar-refractivity contribution is 7.99. The molecule has 1 amide bonds. The molecule has 0 saturated carbocycles. The van der Waals surface area contributed by atoms with Crippen LogP contribution in [0.5, 0.6) is 5.75 Å². The van der Waals surface area contributed by atoms with E-state index in [1.165, 1.54) is 16.6 Å². The molecule has 2 aromatic heterocycles. The maximum Gasteiger partial charge on any atom is 0.267 e. The van der Waals surface area contributed by atoms with E-state index in [-0.39, 0.29) is 29.4 Å². The normalized spacial score (nSPS) is 20.0. The van der Waals surface area contributed by atoms with Gasteiger partial charge in [-0.15, -0.1) is 11.3 Å². The van der Waals surface area contributed by atoms with Crippen LogP contribution < -0.4 is 10.3 Å². The SMILES string of the molecule is CCOc1ccc(-n2c(SCC(=O)N3CC(C)OC(C)C3)nc3sc4c(c3c2=O)CCC4)cc1. The third kappa shape index (κ3) is 4.48. The Morgan fingerprint density at radius 2 is 1.94 bits per heavy atom. The molecule has 1 saturated heterocycles. The molecule has 2 aliphatic rings. The van der Waals surface area contributed by atoms with Crippen molar-refractivity contribution in [2.24, 2.45) is 0 Å². The fourth-order valence-corrected chi connectivity index (χ4v) is 7.02. The highest BCUT2D eigenvalue weighted by Gasteiger charge is 2.27. The number of benzene rings is 1. The molecular formula is C25H29N3O4S2. The summed E-state index contributed by atoms with van der Waals surface area (Å²) in [5.41, 5.74) is 1.82. The Bertz CT molecular complexity index is 1260. The fourth-order valence-electron chi connectivity index (χ4n) is 4.81. The summed E-state index contributed by atoms with van der Waals surface area (Å²) >= 11 is 2.95. The minimum Gasteiger partial charge on any atom is -0.494 e. The molecule has 0 radical (unpaired) electrons. The molecule has 3 heterocycles. The van der Waals surface area contributed by atoms with Gasteiger partial charge in [0.15, 0.2) is 5.16 Å². The number of nitrogens with zero attached hydrogens (tertiary/aromatic N) is 3. The molecule has 0 spiro atoms. The molecule has 9 heteroatoms. The van der Waals surface area contributed by atoms with Crippen molar-refractivity contribution >= 4 is 39.2 Å². The standard InChI is InChI=1S/C25H29N3O4S2/c1-4-31-18-10-8-17(9-11-18)28-24(30)22-19-6-5-7-20(19)34-23(22)26-25(28)33-14-21(29)27-12-15(2)32-16(3)13-27/h8-11,15-16H,4-7,12-14H2,1-3H3. The number of hydrogen-bond donors (Lipinski definition) is 0. The van der Waals surface area contributed by atoms with E-state index in [2.05, 4.69) is 0 Å². The van der Waals surface area contributed by atoms with Gasteiger partial charge in [0.25, 0.3) is 5.56 Å². The molecule has 0 N–H and O–H groups in total. The Kier molecular flexibility index (Phi) is 6.68. The van der Waals surface area contributed by atoms with Gasteiger partial charge in [-0.25, -0.2) is 4.98 Å². The number of carbonyl (C=O) groups excluding carboxylic acids is 1. The monoisotopic (exact) mass is 499 g/mol. The van der Waals surface area contributed by atoms with Gasteiger partial charge in [0, 0.05) is 18.0 Å². The summed E-state index contributed by atoms with van der Waals surface area (Å²) in [6.07, 6.45) is 3.05. The maximum atomic E-state index is 13.8. The highest BCUT2D eigenvalue weighted by atomic mass is 32.2. The smallest absolute Gasteiger partial charge is 0.267 e. The summed E-state index contributed by atoms with van der Waals surface area (Å²) < 4.78 is 13.0. The zero-order valence-electron chi connectivity index (χ0n) is 19.7. The van der Waals surface area contributed by atoms with Crippen molar-refractivity contribution < 1.29 is 14.3 Å². The molecule has 2 unspecified atom stereocenters. The first-order chi connectivity index (χ1) is 16.4. The second-order valence-corrected chi connectivity index (χ2v) is 10.9. The Hall–Kier alpha value is -2.36. The molecule has 2 atom stereocenters. The number of aryl methyl sites for hydroxylation is 2. The number of carbonyl (C=O) groups is 1. The summed E-state index contributed by atoms with van der Waals surface area (Å²) in [7, 11) is 0. The number of ether oxygens (including phenoxy) is 2. The van der Waals surface area contributed by atoms with Crippen LogP contribution in [-0.2, 0) is 22.4 Å². The second kappa shape index (κ2) is 9.71. The number of amides is 1.